The first-order valence-electron chi connectivity index (χ1n) is 13.4. The van der Waals surface area contributed by atoms with E-state index in [1.807, 2.05) is 4.31 Å². The number of carbonyl (C=O) groups is 3. The second kappa shape index (κ2) is 9.57. The molecule has 3 amide bonds. The minimum atomic E-state index is -3.06. The average molecular weight is 583 g/mol. The van der Waals surface area contributed by atoms with Crippen molar-refractivity contribution in [1.29, 1.82) is 0 Å². The lowest BCUT2D eigenvalue weighted by atomic mass is 10.1. The quantitative estimate of drug-likeness (QED) is 0.310. The van der Waals surface area contributed by atoms with Gasteiger partial charge in [-0.05, 0) is 78.1 Å². The van der Waals surface area contributed by atoms with E-state index in [-0.39, 0.29) is 23.0 Å². The summed E-state index contributed by atoms with van der Waals surface area (Å²) in [7, 11) is 0.458. The van der Waals surface area contributed by atoms with Crippen molar-refractivity contribution >= 4 is 54.3 Å². The summed E-state index contributed by atoms with van der Waals surface area (Å²) < 4.78 is 8.04. The van der Waals surface area contributed by atoms with Crippen LogP contribution in [0.15, 0.2) is 46.2 Å². The molecule has 2 atom stereocenters. The number of thiazole rings is 1. The summed E-state index contributed by atoms with van der Waals surface area (Å²) in [6.07, 6.45) is 3.42. The smallest absolute Gasteiger partial charge is 0.320 e. The van der Waals surface area contributed by atoms with Crippen LogP contribution in [0.4, 0.5) is 5.69 Å². The number of ether oxygens (including phenoxy) is 1. The molecule has 0 unspecified atom stereocenters. The van der Waals surface area contributed by atoms with Crippen LogP contribution in [-0.2, 0) is 9.59 Å². The molecule has 3 aromatic rings. The van der Waals surface area contributed by atoms with Crippen LogP contribution < -0.4 is 15.8 Å². The van der Waals surface area contributed by atoms with Crippen LogP contribution >= 0.6 is 20.7 Å². The van der Waals surface area contributed by atoms with Crippen LogP contribution in [0, 0.1) is 5.92 Å². The Balaban J connectivity index is 1.31. The first-order chi connectivity index (χ1) is 19.1. The normalized spacial score (nSPS) is 24.0. The molecule has 6 rings (SSSR count). The predicted molar refractivity (Wildman–Crippen MR) is 159 cm³/mol. The van der Waals surface area contributed by atoms with Gasteiger partial charge < -0.3 is 25.0 Å². The van der Waals surface area contributed by atoms with E-state index in [0.717, 1.165) is 46.8 Å². The monoisotopic (exact) mass is 582 g/mol. The van der Waals surface area contributed by atoms with Crippen LogP contribution in [0.3, 0.4) is 0 Å². The maximum Gasteiger partial charge on any atom is 0.320 e. The van der Waals surface area contributed by atoms with Gasteiger partial charge in [-0.1, -0.05) is 6.92 Å². The van der Waals surface area contributed by atoms with E-state index in [0.29, 0.717) is 12.5 Å². The molecule has 0 bridgehead atoms. The number of benzene rings is 1. The predicted octanol–water partition coefficient (Wildman–Crippen LogP) is 3.56. The number of anilines is 1. The molecule has 2 aromatic heterocycles. The third-order valence-corrected chi connectivity index (χ3v) is 15.1. The van der Waals surface area contributed by atoms with E-state index >= 15 is 0 Å². The number of hydrogen-bond acceptors (Lipinski definition) is 8. The number of nitrogens with one attached hydrogen (secondary N) is 1. The van der Waals surface area contributed by atoms with Crippen LogP contribution in [0.1, 0.15) is 41.0 Å². The Labute approximate surface area is 237 Å². The number of primary amides is 1. The third kappa shape index (κ3) is 4.25. The lowest BCUT2D eigenvalue weighted by Crippen LogP contribution is -2.48. The molecule has 40 heavy (non-hydrogen) atoms. The van der Waals surface area contributed by atoms with Crippen molar-refractivity contribution in [3.63, 3.8) is 0 Å². The van der Waals surface area contributed by atoms with Gasteiger partial charge in [0.15, 0.2) is 0 Å². The van der Waals surface area contributed by atoms with Crippen LogP contribution in [0.25, 0.3) is 10.2 Å². The van der Waals surface area contributed by atoms with Crippen molar-refractivity contribution in [3.05, 3.63) is 51.8 Å². The number of carbonyl (C=O) groups excluding carboxylic acids is 3. The number of thiol groups is 1. The van der Waals surface area contributed by atoms with Crippen molar-refractivity contribution in [2.75, 3.05) is 44.9 Å². The first-order valence-corrected chi connectivity index (χ1v) is 16.7. The third-order valence-electron chi connectivity index (χ3n) is 8.51. The van der Waals surface area contributed by atoms with Crippen molar-refractivity contribution in [2.45, 2.75) is 30.6 Å². The molecule has 2 saturated heterocycles. The molecule has 0 radical (unpaired) electrons. The maximum absolute atomic E-state index is 13.8. The van der Waals surface area contributed by atoms with Crippen molar-refractivity contribution < 1.29 is 19.1 Å². The molecule has 3 aliphatic heterocycles. The fourth-order valence-electron chi connectivity index (χ4n) is 6.08. The second-order valence-electron chi connectivity index (χ2n) is 11.3. The number of hydrogen-bond donors (Lipinski definition) is 3. The number of likely N-dealkylation sites (tertiary alicyclic amines) is 1. The molecule has 212 valence electrons. The Bertz CT molecular complexity index is 1580. The zero-order chi connectivity index (χ0) is 28.3. The van der Waals surface area contributed by atoms with Crippen LogP contribution in [0.5, 0.6) is 5.88 Å². The SMILES string of the molecule is COc1ncc(NC(=O)C(=O)N2C[C@@H](C)CC[SH]23(c2ccc4sc([C@H]5CCN(C)C5)nc4c2)C=C3)cc1C(N)=O. The number of pyridine rings is 1. The second-order valence-corrected chi connectivity index (χ2v) is 17.2. The fourth-order valence-corrected chi connectivity index (χ4v) is 12.8. The summed E-state index contributed by atoms with van der Waals surface area (Å²) in [6, 6.07) is 7.77. The molecule has 3 N–H and O–H groups in total. The molecule has 10 nitrogen and oxygen atoms in total. The van der Waals surface area contributed by atoms with E-state index in [2.05, 4.69) is 58.2 Å². The summed E-state index contributed by atoms with van der Waals surface area (Å²) in [4.78, 5) is 51.5. The van der Waals surface area contributed by atoms with E-state index in [1.54, 1.807) is 11.3 Å². The van der Waals surface area contributed by atoms with Gasteiger partial charge in [-0.25, -0.2) is 9.97 Å². The first kappa shape index (κ1) is 26.7. The fraction of sp³-hybridized carbons (Fsp3) is 0.393. The molecule has 0 aliphatic carbocycles. The van der Waals surface area contributed by atoms with Gasteiger partial charge >= 0.3 is 11.8 Å². The summed E-state index contributed by atoms with van der Waals surface area (Å²) >= 11 is 1.75. The zero-order valence-corrected chi connectivity index (χ0v) is 24.5. The molecule has 3 aliphatic rings. The van der Waals surface area contributed by atoms with E-state index < -0.39 is 27.1 Å². The van der Waals surface area contributed by atoms with E-state index in [4.69, 9.17) is 15.5 Å². The van der Waals surface area contributed by atoms with Gasteiger partial charge in [0.2, 0.25) is 5.88 Å². The Kier molecular flexibility index (Phi) is 6.39. The number of methoxy groups -OCH3 is 1. The Morgan fingerprint density at radius 1 is 1.18 bits per heavy atom. The molecule has 2 fully saturated rings. The molecule has 12 heteroatoms. The van der Waals surface area contributed by atoms with Gasteiger partial charge in [-0.3, -0.25) is 14.4 Å². The Hall–Kier alpha value is -3.48. The van der Waals surface area contributed by atoms with Crippen LogP contribution in [0.2, 0.25) is 0 Å². The van der Waals surface area contributed by atoms with Crippen molar-refractivity contribution in [2.24, 2.45) is 11.7 Å². The number of aromatic nitrogens is 2. The Morgan fingerprint density at radius 3 is 2.65 bits per heavy atom. The zero-order valence-electron chi connectivity index (χ0n) is 22.8. The summed E-state index contributed by atoms with van der Waals surface area (Å²) in [5.74, 6) is -0.551. The summed E-state index contributed by atoms with van der Waals surface area (Å²) in [5, 5.41) is 8.13. The van der Waals surface area contributed by atoms with Crippen molar-refractivity contribution in [3.8, 4) is 5.88 Å². The average Bonchev–Trinajstić information content (AvgIpc) is 3.28. The standard InChI is InChI=1S/C28H34N6O4S2/c1-17-7-9-40(10-11-40,20-4-5-23-22(13-20)32-27(39-23)18-6-8-33(2)16-18)34(15-17)28(37)25(36)31-19-12-21(24(29)35)26(38-3)30-14-19/h4-5,10-14,17-18,40H,6-9,15-16H2,1-3H3,(H2,29,35)(H,31,36)/t17-,18-/m0/s1. The van der Waals surface area contributed by atoms with Gasteiger partial charge in [0.05, 0.1) is 34.2 Å². The summed E-state index contributed by atoms with van der Waals surface area (Å²) in [5.41, 5.74) is 6.60. The lowest BCUT2D eigenvalue weighted by molar-refractivity contribution is -0.140. The van der Waals surface area contributed by atoms with Crippen LogP contribution in [-0.4, -0.2) is 76.4 Å². The highest BCUT2D eigenvalue weighted by Gasteiger charge is 2.56. The van der Waals surface area contributed by atoms with Gasteiger partial charge in [0.1, 0.15) is 5.56 Å². The number of amides is 3. The molecule has 1 spiro atoms. The summed E-state index contributed by atoms with van der Waals surface area (Å²) in [6.45, 7) is 4.70. The number of fused-ring (bicyclic) bond motifs is 1. The highest BCUT2D eigenvalue weighted by atomic mass is 32.3. The molecular weight excluding hydrogens is 548 g/mol. The van der Waals surface area contributed by atoms with Gasteiger partial charge in [-0.2, -0.15) is 9.35 Å². The minimum Gasteiger partial charge on any atom is -0.480 e. The lowest BCUT2D eigenvalue weighted by Gasteiger charge is -2.59. The highest BCUT2D eigenvalue weighted by Crippen LogP contribution is 2.90. The topological polar surface area (TPSA) is 131 Å². The largest absolute Gasteiger partial charge is 0.480 e. The van der Waals surface area contributed by atoms with Crippen molar-refractivity contribution in [1.82, 2.24) is 19.2 Å². The number of nitrogens with zero attached hydrogens (tertiary/aromatic N) is 4. The molecular formula is C28H34N6O4S2. The molecule has 0 saturated carbocycles. The molecule has 5 heterocycles. The van der Waals surface area contributed by atoms with Gasteiger partial charge in [0, 0.05) is 19.0 Å². The molecule has 1 aromatic carbocycles. The van der Waals surface area contributed by atoms with E-state index in [9.17, 15) is 14.4 Å². The van der Waals surface area contributed by atoms with Gasteiger partial charge in [-0.15, -0.1) is 11.3 Å². The minimum absolute atomic E-state index is 0.0186. The Morgan fingerprint density at radius 2 is 1.98 bits per heavy atom. The highest BCUT2D eigenvalue weighted by molar-refractivity contribution is 8.57. The number of rotatable bonds is 5. The maximum atomic E-state index is 13.8. The number of nitrogens with two attached hydrogens (primary N) is 1. The van der Waals surface area contributed by atoms with E-state index in [1.165, 1.54) is 24.4 Å². The number of likely N-dealkylation sites (N-methyl/N-ethyl adjacent to an activating group) is 1. The van der Waals surface area contributed by atoms with Gasteiger partial charge in [0.25, 0.3) is 5.91 Å².